The van der Waals surface area contributed by atoms with Gasteiger partial charge in [-0.15, -0.1) is 0 Å². The Hall–Kier alpha value is -2.31. The molecule has 4 rings (SSSR count). The molecule has 2 saturated heterocycles. The maximum Gasteiger partial charge on any atom is 0.320 e. The normalized spacial score (nSPS) is 20.2. The zero-order valence-corrected chi connectivity index (χ0v) is 20.6. The summed E-state index contributed by atoms with van der Waals surface area (Å²) >= 11 is 0.990. The standard InChI is InChI=1S/C21H30N6O4S2/c1-3-24(4-2)21(29)26-10-6-7-16(15-26)20(28)25-11-13-27(14-12-25)33(30,31)18-9-5-8-17-19(18)23-32-22-17/h5,8-9,16H,3-4,6-7,10-15H2,1-2H3/t16-/m1/s1. The molecule has 3 heterocycles. The van der Waals surface area contributed by atoms with E-state index >= 15 is 0 Å². The number of piperidine rings is 1. The van der Waals surface area contributed by atoms with Gasteiger partial charge in [0.15, 0.2) is 0 Å². The minimum Gasteiger partial charge on any atom is -0.340 e. The number of amides is 3. The van der Waals surface area contributed by atoms with E-state index in [0.29, 0.717) is 50.3 Å². The van der Waals surface area contributed by atoms with E-state index < -0.39 is 10.0 Å². The number of aromatic nitrogens is 2. The highest BCUT2D eigenvalue weighted by Gasteiger charge is 2.36. The van der Waals surface area contributed by atoms with E-state index in [2.05, 4.69) is 8.75 Å². The number of piperazine rings is 1. The van der Waals surface area contributed by atoms with Gasteiger partial charge in [0.1, 0.15) is 15.9 Å². The average Bonchev–Trinajstić information content (AvgIpc) is 3.33. The minimum atomic E-state index is -3.73. The van der Waals surface area contributed by atoms with Crippen molar-refractivity contribution in [2.75, 3.05) is 52.4 Å². The first kappa shape index (κ1) is 23.8. The van der Waals surface area contributed by atoms with Crippen molar-refractivity contribution in [1.29, 1.82) is 0 Å². The summed E-state index contributed by atoms with van der Waals surface area (Å²) in [5, 5.41) is 0. The van der Waals surface area contributed by atoms with Crippen LogP contribution in [0.2, 0.25) is 0 Å². The molecule has 0 saturated carbocycles. The zero-order chi connectivity index (χ0) is 23.6. The number of likely N-dealkylation sites (tertiary alicyclic amines) is 1. The SMILES string of the molecule is CCN(CC)C(=O)N1CCC[C@@H](C(=O)N2CCN(S(=O)(=O)c3cccc4nsnc34)CC2)C1. The fraction of sp³-hybridized carbons (Fsp3) is 0.619. The molecule has 0 N–H and O–H groups in total. The molecule has 0 spiro atoms. The van der Waals surface area contributed by atoms with E-state index in [-0.39, 0.29) is 35.8 Å². The van der Waals surface area contributed by atoms with Crippen LogP contribution in [0.15, 0.2) is 23.1 Å². The first-order valence-electron chi connectivity index (χ1n) is 11.4. The maximum atomic E-state index is 13.2. The van der Waals surface area contributed by atoms with E-state index in [0.717, 1.165) is 24.6 Å². The van der Waals surface area contributed by atoms with Gasteiger partial charge in [0.2, 0.25) is 15.9 Å². The topological polar surface area (TPSA) is 107 Å². The largest absolute Gasteiger partial charge is 0.340 e. The predicted molar refractivity (Wildman–Crippen MR) is 125 cm³/mol. The molecule has 10 nitrogen and oxygen atoms in total. The number of hydrogen-bond acceptors (Lipinski definition) is 7. The molecule has 0 aliphatic carbocycles. The first-order chi connectivity index (χ1) is 15.9. The monoisotopic (exact) mass is 494 g/mol. The molecule has 2 fully saturated rings. The van der Waals surface area contributed by atoms with Crippen LogP contribution in [0.4, 0.5) is 4.79 Å². The van der Waals surface area contributed by atoms with Gasteiger partial charge < -0.3 is 14.7 Å². The molecule has 2 aromatic rings. The van der Waals surface area contributed by atoms with Crippen LogP contribution in [0, 0.1) is 5.92 Å². The van der Waals surface area contributed by atoms with Crippen LogP contribution >= 0.6 is 11.7 Å². The van der Waals surface area contributed by atoms with Crippen LogP contribution in [0.3, 0.4) is 0 Å². The molecule has 0 bridgehead atoms. The van der Waals surface area contributed by atoms with Crippen molar-refractivity contribution >= 4 is 44.7 Å². The third-order valence-electron chi connectivity index (χ3n) is 6.49. The third kappa shape index (κ3) is 4.69. The van der Waals surface area contributed by atoms with Gasteiger partial charge in [0.05, 0.1) is 17.6 Å². The summed E-state index contributed by atoms with van der Waals surface area (Å²) in [6, 6.07) is 4.96. The van der Waals surface area contributed by atoms with Gasteiger partial charge in [-0.05, 0) is 38.8 Å². The molecular weight excluding hydrogens is 464 g/mol. The second-order valence-corrected chi connectivity index (χ2v) is 10.8. The summed E-state index contributed by atoms with van der Waals surface area (Å²) in [5.74, 6) is -0.230. The number of carbonyl (C=O) groups excluding carboxylic acids is 2. The number of rotatable bonds is 5. The summed E-state index contributed by atoms with van der Waals surface area (Å²) in [6.07, 6.45) is 1.54. The van der Waals surface area contributed by atoms with Crippen molar-refractivity contribution in [2.24, 2.45) is 5.92 Å². The lowest BCUT2D eigenvalue weighted by molar-refractivity contribution is -0.138. The van der Waals surface area contributed by atoms with Gasteiger partial charge in [0, 0.05) is 52.4 Å². The number of benzene rings is 1. The van der Waals surface area contributed by atoms with Gasteiger partial charge in [-0.2, -0.15) is 13.1 Å². The Kier molecular flexibility index (Phi) is 7.15. The van der Waals surface area contributed by atoms with Gasteiger partial charge >= 0.3 is 6.03 Å². The quantitative estimate of drug-likeness (QED) is 0.626. The van der Waals surface area contributed by atoms with Gasteiger partial charge in [-0.25, -0.2) is 13.2 Å². The second-order valence-electron chi connectivity index (χ2n) is 8.36. The molecule has 1 atom stereocenters. The molecule has 12 heteroatoms. The van der Waals surface area contributed by atoms with Gasteiger partial charge in [-0.3, -0.25) is 4.79 Å². The second kappa shape index (κ2) is 9.90. The van der Waals surface area contributed by atoms with Crippen LogP contribution in [0.5, 0.6) is 0 Å². The Labute approximate surface area is 198 Å². The smallest absolute Gasteiger partial charge is 0.320 e. The number of fused-ring (bicyclic) bond motifs is 1. The molecular formula is C21H30N6O4S2. The van der Waals surface area contributed by atoms with E-state index in [9.17, 15) is 18.0 Å². The lowest BCUT2D eigenvalue weighted by Gasteiger charge is -2.39. The molecule has 180 valence electrons. The molecule has 1 aromatic carbocycles. The number of nitrogens with zero attached hydrogens (tertiary/aromatic N) is 6. The zero-order valence-electron chi connectivity index (χ0n) is 19.0. The van der Waals surface area contributed by atoms with Crippen LogP contribution < -0.4 is 0 Å². The van der Waals surface area contributed by atoms with Crippen molar-refractivity contribution in [3.8, 4) is 0 Å². The van der Waals surface area contributed by atoms with E-state index in [1.165, 1.54) is 4.31 Å². The van der Waals surface area contributed by atoms with Crippen LogP contribution in [-0.4, -0.2) is 100 Å². The van der Waals surface area contributed by atoms with Crippen LogP contribution in [-0.2, 0) is 14.8 Å². The van der Waals surface area contributed by atoms with E-state index in [1.807, 2.05) is 13.8 Å². The minimum absolute atomic E-state index is 0.00916. The summed E-state index contributed by atoms with van der Waals surface area (Å²) in [6.45, 7) is 7.42. The maximum absolute atomic E-state index is 13.2. The molecule has 0 radical (unpaired) electrons. The van der Waals surface area contributed by atoms with Crippen LogP contribution in [0.25, 0.3) is 11.0 Å². The van der Waals surface area contributed by atoms with Crippen molar-refractivity contribution in [3.63, 3.8) is 0 Å². The number of hydrogen-bond donors (Lipinski definition) is 0. The molecule has 33 heavy (non-hydrogen) atoms. The molecule has 0 unspecified atom stereocenters. The summed E-state index contributed by atoms with van der Waals surface area (Å²) in [4.78, 5) is 31.4. The molecule has 1 aromatic heterocycles. The van der Waals surface area contributed by atoms with Crippen molar-refractivity contribution in [1.82, 2.24) is 27.8 Å². The van der Waals surface area contributed by atoms with Crippen molar-refractivity contribution < 1.29 is 18.0 Å². The van der Waals surface area contributed by atoms with Gasteiger partial charge in [-0.1, -0.05) is 6.07 Å². The summed E-state index contributed by atoms with van der Waals surface area (Å²) < 4.78 is 36.2. The fourth-order valence-corrected chi connectivity index (χ4v) is 6.76. The van der Waals surface area contributed by atoms with E-state index in [4.69, 9.17) is 0 Å². The third-order valence-corrected chi connectivity index (χ3v) is 8.97. The number of sulfonamides is 1. The lowest BCUT2D eigenvalue weighted by Crippen LogP contribution is -2.55. The molecule has 2 aliphatic rings. The summed E-state index contributed by atoms with van der Waals surface area (Å²) in [5.41, 5.74) is 0.956. The average molecular weight is 495 g/mol. The number of carbonyl (C=O) groups is 2. The van der Waals surface area contributed by atoms with E-state index in [1.54, 1.807) is 32.9 Å². The van der Waals surface area contributed by atoms with Crippen LogP contribution in [0.1, 0.15) is 26.7 Å². The first-order valence-corrected chi connectivity index (χ1v) is 13.6. The Morgan fingerprint density at radius 1 is 1.06 bits per heavy atom. The fourth-order valence-electron chi connectivity index (χ4n) is 4.58. The van der Waals surface area contributed by atoms with Gasteiger partial charge in [0.25, 0.3) is 0 Å². The lowest BCUT2D eigenvalue weighted by atomic mass is 9.96. The Balaban J connectivity index is 1.39. The highest BCUT2D eigenvalue weighted by molar-refractivity contribution is 7.89. The number of urea groups is 1. The summed E-state index contributed by atoms with van der Waals surface area (Å²) in [7, 11) is -3.73. The van der Waals surface area contributed by atoms with Crippen molar-refractivity contribution in [3.05, 3.63) is 18.2 Å². The highest BCUT2D eigenvalue weighted by atomic mass is 32.2. The van der Waals surface area contributed by atoms with Crippen molar-refractivity contribution in [2.45, 2.75) is 31.6 Å². The predicted octanol–water partition coefficient (Wildman–Crippen LogP) is 1.70. The Morgan fingerprint density at radius 3 is 2.48 bits per heavy atom. The Morgan fingerprint density at radius 2 is 1.79 bits per heavy atom. The molecule has 2 aliphatic heterocycles. The Bertz CT molecular complexity index is 1110. The highest BCUT2D eigenvalue weighted by Crippen LogP contribution is 2.26. The molecule has 3 amide bonds.